The first kappa shape index (κ1) is 17.7. The fraction of sp³-hybridized carbons (Fsp3) is 0.368. The third kappa shape index (κ3) is 2.97. The summed E-state index contributed by atoms with van der Waals surface area (Å²) in [6.07, 6.45) is 1.82. The van der Waals surface area contributed by atoms with Crippen molar-refractivity contribution >= 4 is 32.9 Å². The molecular weight excluding hydrogens is 414 g/mol. The summed E-state index contributed by atoms with van der Waals surface area (Å²) in [6, 6.07) is 9.97. The number of amidine groups is 1. The molecule has 2 aromatic rings. The van der Waals surface area contributed by atoms with Crippen LogP contribution in [0.3, 0.4) is 0 Å². The Morgan fingerprint density at radius 2 is 2.08 bits per heavy atom. The zero-order valence-electron chi connectivity index (χ0n) is 14.8. The molecule has 0 amide bonds. The van der Waals surface area contributed by atoms with E-state index in [1.54, 1.807) is 14.2 Å². The van der Waals surface area contributed by atoms with Gasteiger partial charge < -0.3 is 14.4 Å². The van der Waals surface area contributed by atoms with Gasteiger partial charge in [0.15, 0.2) is 16.7 Å². The molecule has 136 valence electrons. The lowest BCUT2D eigenvalue weighted by Crippen LogP contribution is -2.29. The van der Waals surface area contributed by atoms with Gasteiger partial charge in [-0.1, -0.05) is 40.7 Å². The first-order valence-electron chi connectivity index (χ1n) is 8.45. The summed E-state index contributed by atoms with van der Waals surface area (Å²) >= 11 is 5.44. The lowest BCUT2D eigenvalue weighted by molar-refractivity contribution is 0.298. The summed E-state index contributed by atoms with van der Waals surface area (Å²) in [5.41, 5.74) is 2.02. The van der Waals surface area contributed by atoms with Crippen LogP contribution in [0.15, 0.2) is 46.0 Å². The van der Waals surface area contributed by atoms with Gasteiger partial charge in [-0.15, -0.1) is 0 Å². The van der Waals surface area contributed by atoms with Crippen LogP contribution < -0.4 is 9.47 Å². The lowest BCUT2D eigenvalue weighted by Gasteiger charge is -2.29. The molecule has 0 aliphatic carbocycles. The van der Waals surface area contributed by atoms with Gasteiger partial charge in [0.05, 0.1) is 26.0 Å². The monoisotopic (exact) mass is 433 g/mol. The minimum Gasteiger partial charge on any atom is -0.493 e. The molecule has 0 N–H and O–H groups in total. The van der Waals surface area contributed by atoms with Crippen molar-refractivity contribution in [3.05, 3.63) is 52.3 Å². The predicted octanol–water partition coefficient (Wildman–Crippen LogP) is 4.45. The molecule has 2 aliphatic heterocycles. The van der Waals surface area contributed by atoms with E-state index < -0.39 is 0 Å². The van der Waals surface area contributed by atoms with E-state index in [4.69, 9.17) is 14.5 Å². The Bertz CT molecular complexity index is 846. The van der Waals surface area contributed by atoms with E-state index in [1.807, 2.05) is 42.2 Å². The first-order chi connectivity index (χ1) is 12.6. The van der Waals surface area contributed by atoms with Crippen molar-refractivity contribution in [2.24, 2.45) is 4.99 Å². The Hall–Kier alpha value is -1.73. The standard InChI is InChI=1S/C19H20BrN3O2S/c1-11-10-23-17(13-8-12(20)9-15(24-2)18(13)25-3)16(22-19(23)26-11)14-6-4-5-7-21-14/h4-9,11,16-17H,10H2,1-3H3/t11-,16+,17-/m0/s1. The number of fused-ring (bicyclic) bond motifs is 1. The van der Waals surface area contributed by atoms with E-state index in [0.717, 1.165) is 33.2 Å². The molecule has 26 heavy (non-hydrogen) atoms. The Kier molecular flexibility index (Phi) is 4.84. The molecule has 1 aromatic carbocycles. The van der Waals surface area contributed by atoms with Gasteiger partial charge in [-0.05, 0) is 24.3 Å². The third-order valence-corrected chi connectivity index (χ3v) is 6.23. The molecule has 1 saturated heterocycles. The number of hydrogen-bond acceptors (Lipinski definition) is 6. The molecule has 7 heteroatoms. The summed E-state index contributed by atoms with van der Waals surface area (Å²) < 4.78 is 12.3. The van der Waals surface area contributed by atoms with Crippen LogP contribution in [0.2, 0.25) is 0 Å². The molecule has 1 aromatic heterocycles. The zero-order valence-corrected chi connectivity index (χ0v) is 17.3. The van der Waals surface area contributed by atoms with Crippen LogP contribution in [0, 0.1) is 0 Å². The largest absolute Gasteiger partial charge is 0.493 e. The number of methoxy groups -OCH3 is 2. The number of hydrogen-bond donors (Lipinski definition) is 0. The molecule has 0 spiro atoms. The van der Waals surface area contributed by atoms with Crippen LogP contribution in [0.25, 0.3) is 0 Å². The van der Waals surface area contributed by atoms with Crippen molar-refractivity contribution in [2.45, 2.75) is 24.3 Å². The van der Waals surface area contributed by atoms with Gasteiger partial charge in [0.2, 0.25) is 0 Å². The normalized spacial score (nSPS) is 24.4. The van der Waals surface area contributed by atoms with Crippen LogP contribution in [-0.4, -0.2) is 41.1 Å². The summed E-state index contributed by atoms with van der Waals surface area (Å²) in [5.74, 6) is 1.47. The SMILES string of the molecule is COc1cc(Br)cc([C@H]2[C@@H](c3ccccn3)N=C3S[C@@H](C)CN32)c1OC. The van der Waals surface area contributed by atoms with Crippen LogP contribution in [0.5, 0.6) is 11.5 Å². The average Bonchev–Trinajstić information content (AvgIpc) is 3.17. The molecule has 0 saturated carbocycles. The van der Waals surface area contributed by atoms with Gasteiger partial charge in [-0.3, -0.25) is 9.98 Å². The van der Waals surface area contributed by atoms with Crippen LogP contribution in [0.1, 0.15) is 30.3 Å². The Labute approximate surface area is 165 Å². The van der Waals surface area contributed by atoms with Gasteiger partial charge in [-0.2, -0.15) is 0 Å². The van der Waals surface area contributed by atoms with Crippen molar-refractivity contribution in [2.75, 3.05) is 20.8 Å². The number of benzene rings is 1. The smallest absolute Gasteiger partial charge is 0.166 e. The molecule has 0 radical (unpaired) electrons. The van der Waals surface area contributed by atoms with Gasteiger partial charge in [0.1, 0.15) is 6.04 Å². The first-order valence-corrected chi connectivity index (χ1v) is 10.1. The minimum absolute atomic E-state index is 0.0266. The van der Waals surface area contributed by atoms with Gasteiger partial charge in [0, 0.05) is 28.0 Å². The zero-order chi connectivity index (χ0) is 18.3. The molecule has 1 fully saturated rings. The highest BCUT2D eigenvalue weighted by Crippen LogP contribution is 2.51. The van der Waals surface area contributed by atoms with Gasteiger partial charge in [-0.25, -0.2) is 0 Å². The van der Waals surface area contributed by atoms with Crippen molar-refractivity contribution in [3.8, 4) is 11.5 Å². The Balaban J connectivity index is 1.86. The maximum Gasteiger partial charge on any atom is 0.166 e. The van der Waals surface area contributed by atoms with E-state index in [1.165, 1.54) is 0 Å². The topological polar surface area (TPSA) is 47.0 Å². The molecule has 3 heterocycles. The van der Waals surface area contributed by atoms with Gasteiger partial charge >= 0.3 is 0 Å². The van der Waals surface area contributed by atoms with E-state index in [0.29, 0.717) is 11.0 Å². The summed E-state index contributed by atoms with van der Waals surface area (Å²) in [5, 5.41) is 1.60. The Morgan fingerprint density at radius 3 is 2.77 bits per heavy atom. The number of aliphatic imine (C=N–C) groups is 1. The summed E-state index contributed by atoms with van der Waals surface area (Å²) in [7, 11) is 3.35. The second-order valence-electron chi connectivity index (χ2n) is 6.37. The number of nitrogens with zero attached hydrogens (tertiary/aromatic N) is 3. The van der Waals surface area contributed by atoms with Crippen molar-refractivity contribution in [1.82, 2.24) is 9.88 Å². The van der Waals surface area contributed by atoms with Gasteiger partial charge in [0.25, 0.3) is 0 Å². The number of aromatic nitrogens is 1. The van der Waals surface area contributed by atoms with E-state index >= 15 is 0 Å². The highest BCUT2D eigenvalue weighted by Gasteiger charge is 2.45. The van der Waals surface area contributed by atoms with Crippen LogP contribution in [-0.2, 0) is 0 Å². The minimum atomic E-state index is -0.0703. The van der Waals surface area contributed by atoms with Crippen molar-refractivity contribution < 1.29 is 9.47 Å². The highest BCUT2D eigenvalue weighted by molar-refractivity contribution is 9.10. The van der Waals surface area contributed by atoms with E-state index in [-0.39, 0.29) is 12.1 Å². The maximum atomic E-state index is 5.74. The summed E-state index contributed by atoms with van der Waals surface area (Å²) in [6.45, 7) is 3.19. The quantitative estimate of drug-likeness (QED) is 0.712. The fourth-order valence-electron chi connectivity index (χ4n) is 3.63. The number of rotatable bonds is 4. The molecule has 2 aliphatic rings. The number of ether oxygens (including phenoxy) is 2. The number of thioether (sulfide) groups is 1. The van der Waals surface area contributed by atoms with E-state index in [2.05, 4.69) is 38.8 Å². The molecule has 3 atom stereocenters. The van der Waals surface area contributed by atoms with Crippen LogP contribution in [0.4, 0.5) is 0 Å². The third-order valence-electron chi connectivity index (χ3n) is 4.67. The second-order valence-corrected chi connectivity index (χ2v) is 8.69. The summed E-state index contributed by atoms with van der Waals surface area (Å²) in [4.78, 5) is 12.0. The maximum absolute atomic E-state index is 5.74. The molecule has 4 rings (SSSR count). The predicted molar refractivity (Wildman–Crippen MR) is 108 cm³/mol. The molecule has 0 unspecified atom stereocenters. The molecule has 5 nitrogen and oxygen atoms in total. The number of pyridine rings is 1. The molecular formula is C19H20BrN3O2S. The number of halogens is 1. The Morgan fingerprint density at radius 1 is 1.23 bits per heavy atom. The second kappa shape index (κ2) is 7.12. The van der Waals surface area contributed by atoms with Crippen molar-refractivity contribution in [3.63, 3.8) is 0 Å². The lowest BCUT2D eigenvalue weighted by atomic mass is 9.95. The fourth-order valence-corrected chi connectivity index (χ4v) is 5.18. The van der Waals surface area contributed by atoms with E-state index in [9.17, 15) is 0 Å². The average molecular weight is 434 g/mol. The highest BCUT2D eigenvalue weighted by atomic mass is 79.9. The van der Waals surface area contributed by atoms with Crippen LogP contribution >= 0.6 is 27.7 Å². The molecule has 0 bridgehead atoms. The van der Waals surface area contributed by atoms with Crippen molar-refractivity contribution in [1.29, 1.82) is 0 Å².